The predicted octanol–water partition coefficient (Wildman–Crippen LogP) is 3.58. The van der Waals surface area contributed by atoms with E-state index in [9.17, 15) is 0 Å². The molecular formula is C9H13BrO2S. The summed E-state index contributed by atoms with van der Waals surface area (Å²) in [6.07, 6.45) is -0.0675. The Hall–Kier alpha value is 0.1000. The zero-order chi connectivity index (χ0) is 9.84. The Labute approximate surface area is 91.0 Å². The van der Waals surface area contributed by atoms with Gasteiger partial charge in [-0.15, -0.1) is 11.3 Å². The summed E-state index contributed by atoms with van der Waals surface area (Å²) in [5, 5.41) is 0. The minimum absolute atomic E-state index is 0.0891. The van der Waals surface area contributed by atoms with Gasteiger partial charge in [-0.1, -0.05) is 0 Å². The van der Waals surface area contributed by atoms with E-state index in [1.807, 2.05) is 19.9 Å². The SMILES string of the molecule is COC(C)OC(C)c1ccc(Br)s1. The summed E-state index contributed by atoms with van der Waals surface area (Å²) in [7, 11) is 1.64. The van der Waals surface area contributed by atoms with E-state index >= 15 is 0 Å². The van der Waals surface area contributed by atoms with Crippen molar-refractivity contribution >= 4 is 27.3 Å². The van der Waals surface area contributed by atoms with E-state index in [4.69, 9.17) is 9.47 Å². The lowest BCUT2D eigenvalue weighted by atomic mass is 10.3. The topological polar surface area (TPSA) is 18.5 Å². The molecule has 0 bridgehead atoms. The maximum absolute atomic E-state index is 5.57. The molecule has 0 spiro atoms. The molecule has 1 aromatic heterocycles. The van der Waals surface area contributed by atoms with Crippen LogP contribution in [0.3, 0.4) is 0 Å². The molecule has 0 saturated heterocycles. The Morgan fingerprint density at radius 3 is 2.54 bits per heavy atom. The van der Waals surface area contributed by atoms with Gasteiger partial charge in [0, 0.05) is 12.0 Å². The van der Waals surface area contributed by atoms with Crippen LogP contribution in [0.2, 0.25) is 0 Å². The van der Waals surface area contributed by atoms with Gasteiger partial charge < -0.3 is 9.47 Å². The molecule has 0 aliphatic rings. The van der Waals surface area contributed by atoms with Crippen LogP contribution in [0.5, 0.6) is 0 Å². The van der Waals surface area contributed by atoms with Gasteiger partial charge in [0.2, 0.25) is 0 Å². The fourth-order valence-electron chi connectivity index (χ4n) is 0.957. The number of ether oxygens (including phenoxy) is 2. The molecule has 2 unspecified atom stereocenters. The maximum Gasteiger partial charge on any atom is 0.155 e. The first kappa shape index (κ1) is 11.2. The predicted molar refractivity (Wildman–Crippen MR) is 58.0 cm³/mol. The molecule has 2 atom stereocenters. The highest BCUT2D eigenvalue weighted by molar-refractivity contribution is 9.11. The third kappa shape index (κ3) is 3.38. The van der Waals surface area contributed by atoms with Crippen molar-refractivity contribution in [2.75, 3.05) is 7.11 Å². The van der Waals surface area contributed by atoms with Crippen molar-refractivity contribution in [3.63, 3.8) is 0 Å². The van der Waals surface area contributed by atoms with E-state index in [0.29, 0.717) is 0 Å². The first-order valence-electron chi connectivity index (χ1n) is 4.07. The highest BCUT2D eigenvalue weighted by atomic mass is 79.9. The summed E-state index contributed by atoms with van der Waals surface area (Å²) in [6.45, 7) is 3.91. The van der Waals surface area contributed by atoms with E-state index in [-0.39, 0.29) is 12.4 Å². The molecule has 0 aromatic carbocycles. The zero-order valence-electron chi connectivity index (χ0n) is 7.91. The molecule has 1 rings (SSSR count). The number of thiophene rings is 1. The zero-order valence-corrected chi connectivity index (χ0v) is 10.3. The molecule has 0 aliphatic carbocycles. The summed E-state index contributed by atoms with van der Waals surface area (Å²) in [4.78, 5) is 1.20. The number of rotatable bonds is 4. The van der Waals surface area contributed by atoms with E-state index in [1.165, 1.54) is 4.88 Å². The Balaban J connectivity index is 2.53. The summed E-state index contributed by atoms with van der Waals surface area (Å²) in [6, 6.07) is 4.08. The van der Waals surface area contributed by atoms with Crippen LogP contribution in [0, 0.1) is 0 Å². The normalized spacial score (nSPS) is 15.7. The molecule has 0 amide bonds. The molecule has 1 aromatic rings. The van der Waals surface area contributed by atoms with Crippen LogP contribution in [0.1, 0.15) is 24.8 Å². The summed E-state index contributed by atoms with van der Waals surface area (Å²) >= 11 is 5.10. The second kappa shape index (κ2) is 5.10. The van der Waals surface area contributed by atoms with E-state index < -0.39 is 0 Å². The monoisotopic (exact) mass is 264 g/mol. The van der Waals surface area contributed by atoms with Gasteiger partial charge in [0.15, 0.2) is 6.29 Å². The molecule has 2 nitrogen and oxygen atoms in total. The van der Waals surface area contributed by atoms with Crippen LogP contribution in [-0.2, 0) is 9.47 Å². The van der Waals surface area contributed by atoms with Crippen LogP contribution in [0.25, 0.3) is 0 Å². The van der Waals surface area contributed by atoms with Crippen LogP contribution in [0.4, 0.5) is 0 Å². The Bertz CT molecular complexity index is 262. The molecule has 1 heterocycles. The minimum Gasteiger partial charge on any atom is -0.356 e. The molecule has 0 aliphatic heterocycles. The van der Waals surface area contributed by atoms with E-state index in [0.717, 1.165) is 3.79 Å². The van der Waals surface area contributed by atoms with Crippen molar-refractivity contribution < 1.29 is 9.47 Å². The lowest BCUT2D eigenvalue weighted by Crippen LogP contribution is -2.12. The smallest absolute Gasteiger partial charge is 0.155 e. The van der Waals surface area contributed by atoms with Crippen molar-refractivity contribution in [3.8, 4) is 0 Å². The molecule has 0 radical (unpaired) electrons. The molecule has 0 saturated carbocycles. The summed E-state index contributed by atoms with van der Waals surface area (Å²) in [5.41, 5.74) is 0. The van der Waals surface area contributed by atoms with Gasteiger partial charge in [-0.05, 0) is 41.9 Å². The number of hydrogen-bond acceptors (Lipinski definition) is 3. The fraction of sp³-hybridized carbons (Fsp3) is 0.556. The van der Waals surface area contributed by atoms with Crippen molar-refractivity contribution in [2.24, 2.45) is 0 Å². The Kier molecular flexibility index (Phi) is 4.38. The van der Waals surface area contributed by atoms with Crippen LogP contribution < -0.4 is 0 Å². The van der Waals surface area contributed by atoms with Crippen LogP contribution >= 0.6 is 27.3 Å². The number of hydrogen-bond donors (Lipinski definition) is 0. The maximum atomic E-state index is 5.57. The van der Waals surface area contributed by atoms with Crippen molar-refractivity contribution in [1.29, 1.82) is 0 Å². The van der Waals surface area contributed by atoms with Gasteiger partial charge in [0.1, 0.15) is 0 Å². The average Bonchev–Trinajstić information content (AvgIpc) is 2.51. The minimum atomic E-state index is -0.157. The Morgan fingerprint density at radius 2 is 2.08 bits per heavy atom. The first-order chi connectivity index (χ1) is 6.13. The highest BCUT2D eigenvalue weighted by Gasteiger charge is 2.11. The fourth-order valence-corrected chi connectivity index (χ4v) is 2.37. The quantitative estimate of drug-likeness (QED) is 0.775. The molecular weight excluding hydrogens is 252 g/mol. The number of halogens is 1. The van der Waals surface area contributed by atoms with Gasteiger partial charge in [0.05, 0.1) is 9.89 Å². The second-order valence-corrected chi connectivity index (χ2v) is 5.22. The van der Waals surface area contributed by atoms with Gasteiger partial charge in [-0.2, -0.15) is 0 Å². The first-order valence-corrected chi connectivity index (χ1v) is 5.68. The standard InChI is InChI=1S/C9H13BrO2S/c1-6(12-7(2)11-3)8-4-5-9(10)13-8/h4-7H,1-3H3. The van der Waals surface area contributed by atoms with Gasteiger partial charge in [0.25, 0.3) is 0 Å². The van der Waals surface area contributed by atoms with E-state index in [1.54, 1.807) is 18.4 Å². The third-order valence-electron chi connectivity index (χ3n) is 1.72. The van der Waals surface area contributed by atoms with Gasteiger partial charge >= 0.3 is 0 Å². The number of methoxy groups -OCH3 is 1. The largest absolute Gasteiger partial charge is 0.356 e. The summed E-state index contributed by atoms with van der Waals surface area (Å²) in [5.74, 6) is 0. The van der Waals surface area contributed by atoms with Crippen LogP contribution in [0.15, 0.2) is 15.9 Å². The van der Waals surface area contributed by atoms with E-state index in [2.05, 4.69) is 22.0 Å². The lowest BCUT2D eigenvalue weighted by Gasteiger charge is -2.16. The second-order valence-electron chi connectivity index (χ2n) is 2.72. The molecule has 0 N–H and O–H groups in total. The molecule has 13 heavy (non-hydrogen) atoms. The van der Waals surface area contributed by atoms with Crippen molar-refractivity contribution in [2.45, 2.75) is 26.2 Å². The van der Waals surface area contributed by atoms with Crippen LogP contribution in [-0.4, -0.2) is 13.4 Å². The van der Waals surface area contributed by atoms with Crippen molar-refractivity contribution in [3.05, 3.63) is 20.8 Å². The van der Waals surface area contributed by atoms with Gasteiger partial charge in [-0.25, -0.2) is 0 Å². The van der Waals surface area contributed by atoms with Gasteiger partial charge in [-0.3, -0.25) is 0 Å². The average molecular weight is 265 g/mol. The lowest BCUT2D eigenvalue weighted by molar-refractivity contribution is -0.140. The highest BCUT2D eigenvalue weighted by Crippen LogP contribution is 2.29. The molecule has 0 fully saturated rings. The summed E-state index contributed by atoms with van der Waals surface area (Å²) < 4.78 is 11.7. The Morgan fingerprint density at radius 1 is 1.38 bits per heavy atom. The van der Waals surface area contributed by atoms with Crippen molar-refractivity contribution in [1.82, 2.24) is 0 Å². The molecule has 74 valence electrons. The molecule has 4 heteroatoms. The third-order valence-corrected chi connectivity index (χ3v) is 3.51.